The van der Waals surface area contributed by atoms with Crippen LogP contribution in [0.2, 0.25) is 0 Å². The van der Waals surface area contributed by atoms with Crippen LogP contribution in [0.5, 0.6) is 0 Å². The Bertz CT molecular complexity index is 370. The molecule has 0 saturated carbocycles. The number of carbonyl (C=O) groups excluding carboxylic acids is 1. The highest BCUT2D eigenvalue weighted by molar-refractivity contribution is 5.95. The monoisotopic (exact) mass is 204 g/mol. The smallest absolute Gasteiger partial charge is 0.267 e. The van der Waals surface area contributed by atoms with Gasteiger partial charge < -0.3 is 0 Å². The topological polar surface area (TPSA) is 41.5 Å². The molecule has 1 N–H and O–H groups in total. The highest BCUT2D eigenvalue weighted by atomic mass is 16.2. The number of hydrogen-bond donors (Lipinski definition) is 1. The molecule has 1 rings (SSSR count). The summed E-state index contributed by atoms with van der Waals surface area (Å²) in [7, 11) is 0. The van der Waals surface area contributed by atoms with Crippen molar-refractivity contribution in [1.29, 1.82) is 0 Å². The van der Waals surface area contributed by atoms with Crippen molar-refractivity contribution >= 4 is 12.1 Å². The fourth-order valence-electron chi connectivity index (χ4n) is 1.13. The fourth-order valence-corrected chi connectivity index (χ4v) is 1.13. The molecule has 0 aromatic heterocycles. The summed E-state index contributed by atoms with van der Waals surface area (Å²) in [5.41, 5.74) is 4.12. The van der Waals surface area contributed by atoms with Crippen molar-refractivity contribution in [1.82, 2.24) is 5.43 Å². The molecule has 0 saturated heterocycles. The van der Waals surface area contributed by atoms with Gasteiger partial charge >= 0.3 is 0 Å². The summed E-state index contributed by atoms with van der Waals surface area (Å²) in [6.45, 7) is 5.91. The van der Waals surface area contributed by atoms with Crippen molar-refractivity contribution in [3.63, 3.8) is 0 Å². The standard InChI is InChI=1S/C12H16N2O/c1-9(2)8-13-14-12(15)11-7-5-4-6-10(11)3/h4-9H,1-3H3,(H,14,15)/b13-8-. The fraction of sp³-hybridized carbons (Fsp3) is 0.333. The quantitative estimate of drug-likeness (QED) is 0.596. The molecule has 0 spiro atoms. The van der Waals surface area contributed by atoms with Gasteiger partial charge in [0, 0.05) is 11.8 Å². The second kappa shape index (κ2) is 5.29. The van der Waals surface area contributed by atoms with Gasteiger partial charge in [-0.05, 0) is 24.5 Å². The molecule has 1 amide bonds. The number of rotatable bonds is 3. The minimum Gasteiger partial charge on any atom is -0.267 e. The van der Waals surface area contributed by atoms with Gasteiger partial charge in [-0.25, -0.2) is 5.43 Å². The molecule has 1 aromatic rings. The molecular weight excluding hydrogens is 188 g/mol. The van der Waals surface area contributed by atoms with Gasteiger partial charge in [0.25, 0.3) is 5.91 Å². The SMILES string of the molecule is Cc1ccccc1C(=O)N/N=C\C(C)C. The normalized spacial score (nSPS) is 10.9. The van der Waals surface area contributed by atoms with Gasteiger partial charge in [0.2, 0.25) is 0 Å². The first-order valence-electron chi connectivity index (χ1n) is 5.00. The lowest BCUT2D eigenvalue weighted by Gasteiger charge is -2.03. The molecule has 0 heterocycles. The summed E-state index contributed by atoms with van der Waals surface area (Å²) in [4.78, 5) is 11.6. The van der Waals surface area contributed by atoms with Crippen LogP contribution < -0.4 is 5.43 Å². The van der Waals surface area contributed by atoms with E-state index in [9.17, 15) is 4.79 Å². The van der Waals surface area contributed by atoms with Crippen molar-refractivity contribution < 1.29 is 4.79 Å². The minimum atomic E-state index is -0.162. The van der Waals surface area contributed by atoms with Gasteiger partial charge in [-0.3, -0.25) is 4.79 Å². The number of amides is 1. The predicted octanol–water partition coefficient (Wildman–Crippen LogP) is 2.37. The Hall–Kier alpha value is -1.64. The number of nitrogens with zero attached hydrogens (tertiary/aromatic N) is 1. The van der Waals surface area contributed by atoms with Crippen molar-refractivity contribution in [3.05, 3.63) is 35.4 Å². The first-order valence-corrected chi connectivity index (χ1v) is 5.00. The Morgan fingerprint density at radius 3 is 2.67 bits per heavy atom. The highest BCUT2D eigenvalue weighted by Gasteiger charge is 2.05. The largest absolute Gasteiger partial charge is 0.271 e. The van der Waals surface area contributed by atoms with Crippen molar-refractivity contribution in [3.8, 4) is 0 Å². The number of hydrazone groups is 1. The van der Waals surface area contributed by atoms with Gasteiger partial charge in [-0.2, -0.15) is 5.10 Å². The second-order valence-corrected chi connectivity index (χ2v) is 3.78. The molecule has 0 aliphatic heterocycles. The molecule has 0 unspecified atom stereocenters. The van der Waals surface area contributed by atoms with E-state index in [0.717, 1.165) is 5.56 Å². The van der Waals surface area contributed by atoms with E-state index >= 15 is 0 Å². The zero-order valence-corrected chi connectivity index (χ0v) is 9.32. The average Bonchev–Trinajstić information content (AvgIpc) is 2.17. The van der Waals surface area contributed by atoms with Crippen LogP contribution in [0.4, 0.5) is 0 Å². The third kappa shape index (κ3) is 3.54. The maximum Gasteiger partial charge on any atom is 0.271 e. The Labute approximate surface area is 90.2 Å². The molecular formula is C12H16N2O. The van der Waals surface area contributed by atoms with E-state index in [1.807, 2.05) is 39.0 Å². The van der Waals surface area contributed by atoms with Crippen LogP contribution in [0.3, 0.4) is 0 Å². The number of benzene rings is 1. The molecule has 1 aromatic carbocycles. The van der Waals surface area contributed by atoms with Gasteiger partial charge in [0.1, 0.15) is 0 Å². The van der Waals surface area contributed by atoms with E-state index in [0.29, 0.717) is 11.5 Å². The van der Waals surface area contributed by atoms with Gasteiger partial charge in [0.05, 0.1) is 0 Å². The number of hydrogen-bond acceptors (Lipinski definition) is 2. The first kappa shape index (κ1) is 11.4. The van der Waals surface area contributed by atoms with E-state index in [1.54, 1.807) is 12.3 Å². The Kier molecular flexibility index (Phi) is 4.03. The van der Waals surface area contributed by atoms with E-state index in [1.165, 1.54) is 0 Å². The van der Waals surface area contributed by atoms with Crippen molar-refractivity contribution in [2.45, 2.75) is 20.8 Å². The lowest BCUT2D eigenvalue weighted by atomic mass is 10.1. The summed E-state index contributed by atoms with van der Waals surface area (Å²) < 4.78 is 0. The Morgan fingerprint density at radius 1 is 1.40 bits per heavy atom. The van der Waals surface area contributed by atoms with E-state index in [-0.39, 0.29) is 5.91 Å². The van der Waals surface area contributed by atoms with Gasteiger partial charge in [-0.15, -0.1) is 0 Å². The zero-order chi connectivity index (χ0) is 11.3. The first-order chi connectivity index (χ1) is 7.11. The molecule has 0 bridgehead atoms. The maximum absolute atomic E-state index is 11.6. The number of carbonyl (C=O) groups is 1. The van der Waals surface area contributed by atoms with Crippen LogP contribution in [-0.2, 0) is 0 Å². The van der Waals surface area contributed by atoms with Crippen LogP contribution in [0.25, 0.3) is 0 Å². The summed E-state index contributed by atoms with van der Waals surface area (Å²) in [5.74, 6) is 0.173. The lowest BCUT2D eigenvalue weighted by Crippen LogP contribution is -2.18. The Balaban J connectivity index is 2.66. The van der Waals surface area contributed by atoms with Gasteiger partial charge in [-0.1, -0.05) is 32.0 Å². The zero-order valence-electron chi connectivity index (χ0n) is 9.32. The van der Waals surface area contributed by atoms with Crippen molar-refractivity contribution in [2.24, 2.45) is 11.0 Å². The summed E-state index contributed by atoms with van der Waals surface area (Å²) >= 11 is 0. The van der Waals surface area contributed by atoms with E-state index in [2.05, 4.69) is 10.5 Å². The molecule has 3 heteroatoms. The molecule has 0 atom stereocenters. The lowest BCUT2D eigenvalue weighted by molar-refractivity contribution is 0.0954. The van der Waals surface area contributed by atoms with Crippen LogP contribution in [0.1, 0.15) is 29.8 Å². The van der Waals surface area contributed by atoms with Crippen molar-refractivity contribution in [2.75, 3.05) is 0 Å². The molecule has 3 nitrogen and oxygen atoms in total. The Morgan fingerprint density at radius 2 is 2.07 bits per heavy atom. The van der Waals surface area contributed by atoms with Crippen LogP contribution >= 0.6 is 0 Å². The maximum atomic E-state index is 11.6. The molecule has 15 heavy (non-hydrogen) atoms. The molecule has 80 valence electrons. The minimum absolute atomic E-state index is 0.162. The predicted molar refractivity (Wildman–Crippen MR) is 62.0 cm³/mol. The van der Waals surface area contributed by atoms with Crippen LogP contribution in [-0.4, -0.2) is 12.1 Å². The van der Waals surface area contributed by atoms with E-state index in [4.69, 9.17) is 0 Å². The molecule has 0 aliphatic rings. The van der Waals surface area contributed by atoms with Crippen LogP contribution in [0, 0.1) is 12.8 Å². The highest BCUT2D eigenvalue weighted by Crippen LogP contribution is 2.06. The molecule has 0 radical (unpaired) electrons. The number of nitrogens with one attached hydrogen (secondary N) is 1. The third-order valence-electron chi connectivity index (χ3n) is 1.93. The molecule has 0 aliphatic carbocycles. The summed E-state index contributed by atoms with van der Waals surface area (Å²) in [5, 5.41) is 3.86. The number of aryl methyl sites for hydroxylation is 1. The van der Waals surface area contributed by atoms with Gasteiger partial charge in [0.15, 0.2) is 0 Å². The average molecular weight is 204 g/mol. The molecule has 0 fully saturated rings. The third-order valence-corrected chi connectivity index (χ3v) is 1.93. The summed E-state index contributed by atoms with van der Waals surface area (Å²) in [6, 6.07) is 7.44. The second-order valence-electron chi connectivity index (χ2n) is 3.78. The van der Waals surface area contributed by atoms with E-state index < -0.39 is 0 Å². The van der Waals surface area contributed by atoms with Crippen LogP contribution in [0.15, 0.2) is 29.4 Å². The summed E-state index contributed by atoms with van der Waals surface area (Å²) in [6.07, 6.45) is 1.70.